The van der Waals surface area contributed by atoms with Crippen molar-refractivity contribution in [1.29, 1.82) is 0 Å². The van der Waals surface area contributed by atoms with Crippen LogP contribution in [0.15, 0.2) is 0 Å². The lowest BCUT2D eigenvalue weighted by molar-refractivity contribution is 0.299. The highest BCUT2D eigenvalue weighted by Gasteiger charge is 2.21. The molecule has 0 saturated heterocycles. The molecule has 1 rings (SSSR count). The molecule has 1 saturated carbocycles. The summed E-state index contributed by atoms with van der Waals surface area (Å²) in [5.41, 5.74) is 11.5. The van der Waals surface area contributed by atoms with Crippen molar-refractivity contribution in [1.82, 2.24) is 0 Å². The van der Waals surface area contributed by atoms with Gasteiger partial charge in [0.15, 0.2) is 0 Å². The summed E-state index contributed by atoms with van der Waals surface area (Å²) in [4.78, 5) is 0. The average molecular weight is 128 g/mol. The van der Waals surface area contributed by atoms with Gasteiger partial charge in [0.1, 0.15) is 0 Å². The van der Waals surface area contributed by atoms with Crippen LogP contribution < -0.4 is 11.5 Å². The highest BCUT2D eigenvalue weighted by Crippen LogP contribution is 2.20. The molecule has 0 spiro atoms. The van der Waals surface area contributed by atoms with Crippen LogP contribution in [0.25, 0.3) is 0 Å². The number of hydrogen-bond donors (Lipinski definition) is 2. The zero-order valence-corrected chi connectivity index (χ0v) is 6.01. The third-order valence-electron chi connectivity index (χ3n) is 2.28. The quantitative estimate of drug-likeness (QED) is 0.498. The zero-order valence-electron chi connectivity index (χ0n) is 6.01. The molecule has 2 nitrogen and oxygen atoms in total. The maximum absolute atomic E-state index is 5.78. The minimum Gasteiger partial charge on any atom is -0.328 e. The molecule has 1 aliphatic rings. The first-order valence-electron chi connectivity index (χ1n) is 3.71. The summed E-state index contributed by atoms with van der Waals surface area (Å²) in [5.74, 6) is 0.633. The number of hydrogen-bond acceptors (Lipinski definition) is 2. The van der Waals surface area contributed by atoms with Gasteiger partial charge in [0.25, 0.3) is 0 Å². The molecule has 54 valence electrons. The molecule has 3 unspecified atom stereocenters. The van der Waals surface area contributed by atoms with Crippen molar-refractivity contribution in [3.05, 3.63) is 0 Å². The van der Waals surface area contributed by atoms with Crippen molar-refractivity contribution in [2.45, 2.75) is 38.3 Å². The molecule has 3 atom stereocenters. The van der Waals surface area contributed by atoms with Crippen molar-refractivity contribution in [3.63, 3.8) is 0 Å². The lowest BCUT2D eigenvalue weighted by atomic mass is 9.84. The third-order valence-corrected chi connectivity index (χ3v) is 2.28. The van der Waals surface area contributed by atoms with Crippen LogP contribution in [0, 0.1) is 5.92 Å². The molecule has 2 heteroatoms. The topological polar surface area (TPSA) is 52.0 Å². The first-order chi connectivity index (χ1) is 4.20. The predicted molar refractivity (Wildman–Crippen MR) is 39.0 cm³/mol. The molecule has 0 aromatic rings. The Morgan fingerprint density at radius 1 is 1.22 bits per heavy atom. The lowest BCUT2D eigenvalue weighted by Crippen LogP contribution is -2.39. The molecule has 1 fully saturated rings. The summed E-state index contributed by atoms with van der Waals surface area (Å²) >= 11 is 0. The van der Waals surface area contributed by atoms with E-state index in [-0.39, 0.29) is 0 Å². The average Bonchev–Trinajstić information content (AvgIpc) is 1.80. The van der Waals surface area contributed by atoms with Gasteiger partial charge in [-0.15, -0.1) is 0 Å². The summed E-state index contributed by atoms with van der Waals surface area (Å²) in [7, 11) is 0. The van der Waals surface area contributed by atoms with Gasteiger partial charge in [-0.25, -0.2) is 0 Å². The van der Waals surface area contributed by atoms with Crippen LogP contribution >= 0.6 is 0 Å². The third kappa shape index (κ3) is 1.66. The molecule has 4 N–H and O–H groups in total. The van der Waals surface area contributed by atoms with Crippen LogP contribution in [-0.2, 0) is 0 Å². The van der Waals surface area contributed by atoms with Gasteiger partial charge in [0.05, 0.1) is 0 Å². The first kappa shape index (κ1) is 7.03. The Balaban J connectivity index is 2.35. The van der Waals surface area contributed by atoms with Crippen LogP contribution in [0.4, 0.5) is 0 Å². The van der Waals surface area contributed by atoms with E-state index in [0.29, 0.717) is 18.0 Å². The van der Waals surface area contributed by atoms with E-state index in [0.717, 1.165) is 19.3 Å². The largest absolute Gasteiger partial charge is 0.328 e. The van der Waals surface area contributed by atoms with Gasteiger partial charge < -0.3 is 11.5 Å². The molecule has 0 bridgehead atoms. The molecule has 0 heterocycles. The minimum absolute atomic E-state index is 0.407. The van der Waals surface area contributed by atoms with E-state index < -0.39 is 0 Å². The van der Waals surface area contributed by atoms with E-state index >= 15 is 0 Å². The van der Waals surface area contributed by atoms with Gasteiger partial charge in [-0.3, -0.25) is 0 Å². The maximum atomic E-state index is 5.78. The van der Waals surface area contributed by atoms with Crippen LogP contribution in [0.2, 0.25) is 0 Å². The second kappa shape index (κ2) is 2.67. The molecule has 0 radical (unpaired) electrons. The Bertz CT molecular complexity index is 92.9. The lowest BCUT2D eigenvalue weighted by Gasteiger charge is -2.29. The smallest absolute Gasteiger partial charge is 0.00656 e. The highest BCUT2D eigenvalue weighted by molar-refractivity contribution is 4.81. The second-order valence-electron chi connectivity index (χ2n) is 3.21. The molecule has 1 aliphatic carbocycles. The van der Waals surface area contributed by atoms with Crippen molar-refractivity contribution in [2.24, 2.45) is 17.4 Å². The predicted octanol–water partition coefficient (Wildman–Crippen LogP) is 0.461. The van der Waals surface area contributed by atoms with Gasteiger partial charge in [-0.2, -0.15) is 0 Å². The fourth-order valence-electron chi connectivity index (χ4n) is 1.46. The van der Waals surface area contributed by atoms with E-state index in [1.54, 1.807) is 0 Å². The van der Waals surface area contributed by atoms with Crippen LogP contribution in [-0.4, -0.2) is 12.1 Å². The fraction of sp³-hybridized carbons (Fsp3) is 1.00. The van der Waals surface area contributed by atoms with Crippen LogP contribution in [0.5, 0.6) is 0 Å². The minimum atomic E-state index is 0.407. The van der Waals surface area contributed by atoms with E-state index in [1.165, 1.54) is 0 Å². The second-order valence-corrected chi connectivity index (χ2v) is 3.21. The Labute approximate surface area is 56.6 Å². The van der Waals surface area contributed by atoms with Crippen LogP contribution in [0.1, 0.15) is 26.2 Å². The summed E-state index contributed by atoms with van der Waals surface area (Å²) in [5, 5.41) is 0. The van der Waals surface area contributed by atoms with Crippen LogP contribution in [0.3, 0.4) is 0 Å². The van der Waals surface area contributed by atoms with Gasteiger partial charge in [0, 0.05) is 12.1 Å². The highest BCUT2D eigenvalue weighted by atomic mass is 14.7. The van der Waals surface area contributed by atoms with Crippen molar-refractivity contribution in [2.75, 3.05) is 0 Å². The Kier molecular flexibility index (Phi) is 2.09. The van der Waals surface area contributed by atoms with Gasteiger partial charge in [-0.1, -0.05) is 6.92 Å². The molecule has 0 aromatic carbocycles. The zero-order chi connectivity index (χ0) is 6.85. The molecule has 0 aliphatic heterocycles. The first-order valence-corrected chi connectivity index (χ1v) is 3.71. The normalized spacial score (nSPS) is 45.0. The summed E-state index contributed by atoms with van der Waals surface area (Å²) < 4.78 is 0. The Morgan fingerprint density at radius 3 is 2.33 bits per heavy atom. The Hall–Kier alpha value is -0.0800. The number of rotatable bonds is 0. The van der Waals surface area contributed by atoms with E-state index in [4.69, 9.17) is 11.5 Å². The SMILES string of the molecule is CC1CC(N)CCC1N. The van der Waals surface area contributed by atoms with E-state index in [2.05, 4.69) is 6.92 Å². The monoisotopic (exact) mass is 128 g/mol. The fourth-order valence-corrected chi connectivity index (χ4v) is 1.46. The van der Waals surface area contributed by atoms with Gasteiger partial charge in [0.2, 0.25) is 0 Å². The van der Waals surface area contributed by atoms with Crippen molar-refractivity contribution >= 4 is 0 Å². The van der Waals surface area contributed by atoms with E-state index in [1.807, 2.05) is 0 Å². The van der Waals surface area contributed by atoms with E-state index in [9.17, 15) is 0 Å². The Morgan fingerprint density at radius 2 is 1.89 bits per heavy atom. The standard InChI is InChI=1S/C7H16N2/c1-5-4-6(8)2-3-7(5)9/h5-7H,2-4,8-9H2,1H3. The van der Waals surface area contributed by atoms with Gasteiger partial charge in [-0.05, 0) is 25.2 Å². The molecule has 0 amide bonds. The van der Waals surface area contributed by atoms with Crippen molar-refractivity contribution < 1.29 is 0 Å². The molecular weight excluding hydrogens is 112 g/mol. The van der Waals surface area contributed by atoms with Crippen molar-refractivity contribution in [3.8, 4) is 0 Å². The summed E-state index contributed by atoms with van der Waals surface area (Å²) in [6, 6.07) is 0.824. The summed E-state index contributed by atoms with van der Waals surface area (Å²) in [6.45, 7) is 2.18. The maximum Gasteiger partial charge on any atom is 0.00656 e. The number of nitrogens with two attached hydrogens (primary N) is 2. The molecular formula is C7H16N2. The molecule has 9 heavy (non-hydrogen) atoms. The summed E-state index contributed by atoms with van der Waals surface area (Å²) in [6.07, 6.45) is 3.34. The molecule has 0 aromatic heterocycles. The van der Waals surface area contributed by atoms with Gasteiger partial charge >= 0.3 is 0 Å².